The Balaban J connectivity index is 1.27. The molecule has 0 bridgehead atoms. The maximum absolute atomic E-state index is 13.7. The van der Waals surface area contributed by atoms with Gasteiger partial charge < -0.3 is 19.3 Å². The predicted octanol–water partition coefficient (Wildman–Crippen LogP) is 5.05. The first kappa shape index (κ1) is 32.9. The van der Waals surface area contributed by atoms with E-state index in [1.807, 2.05) is 68.7 Å². The standard InChI is InChI=1S/C35H45N3O6S/c1-36(2)26-31(28-15-17-29(43-3)18-16-28)35(19-7-4-8-20-35)44-34(40)25-33(39)37-21-10-22-38(24-23-37)45(41,42)32-14-9-12-27-11-5-6-13-30(27)32/h5-6,9,11-18,31H,4,7-8,10,19-26H2,1-3H3. The average molecular weight is 636 g/mol. The molecule has 1 aliphatic carbocycles. The molecule has 2 fully saturated rings. The van der Waals surface area contributed by atoms with Crippen LogP contribution in [0.5, 0.6) is 5.75 Å². The normalized spacial score (nSPS) is 18.4. The van der Waals surface area contributed by atoms with Crippen LogP contribution in [0.25, 0.3) is 10.8 Å². The molecule has 0 radical (unpaired) electrons. The molecule has 1 heterocycles. The summed E-state index contributed by atoms with van der Waals surface area (Å²) in [5, 5.41) is 1.54. The van der Waals surface area contributed by atoms with Crippen LogP contribution in [0.15, 0.2) is 71.6 Å². The highest BCUT2D eigenvalue weighted by molar-refractivity contribution is 7.89. The molecule has 2 aliphatic rings. The minimum absolute atomic E-state index is 0.0659. The Labute approximate surface area is 267 Å². The van der Waals surface area contributed by atoms with Crippen LogP contribution in [0.3, 0.4) is 0 Å². The zero-order valence-corrected chi connectivity index (χ0v) is 27.4. The minimum Gasteiger partial charge on any atom is -0.497 e. The molecular formula is C35H45N3O6S. The van der Waals surface area contributed by atoms with Gasteiger partial charge in [0.25, 0.3) is 0 Å². The largest absolute Gasteiger partial charge is 0.497 e. The molecule has 10 heteroatoms. The summed E-state index contributed by atoms with van der Waals surface area (Å²) in [5.41, 5.74) is 0.363. The third-order valence-electron chi connectivity index (χ3n) is 9.19. The molecule has 3 aromatic rings. The lowest BCUT2D eigenvalue weighted by Crippen LogP contribution is -2.47. The van der Waals surface area contributed by atoms with Gasteiger partial charge >= 0.3 is 5.97 Å². The van der Waals surface area contributed by atoms with Gasteiger partial charge in [-0.1, -0.05) is 55.0 Å². The second kappa shape index (κ2) is 14.3. The summed E-state index contributed by atoms with van der Waals surface area (Å²) < 4.78 is 40.6. The van der Waals surface area contributed by atoms with E-state index in [4.69, 9.17) is 9.47 Å². The fraction of sp³-hybridized carbons (Fsp3) is 0.486. The minimum atomic E-state index is -3.77. The molecule has 9 nitrogen and oxygen atoms in total. The zero-order valence-electron chi connectivity index (χ0n) is 26.6. The summed E-state index contributed by atoms with van der Waals surface area (Å²) in [7, 11) is 1.90. The third kappa shape index (κ3) is 7.51. The van der Waals surface area contributed by atoms with E-state index in [-0.39, 0.29) is 36.2 Å². The van der Waals surface area contributed by atoms with Crippen molar-refractivity contribution in [3.8, 4) is 5.75 Å². The van der Waals surface area contributed by atoms with E-state index in [0.717, 1.165) is 48.8 Å². The molecule has 0 N–H and O–H groups in total. The fourth-order valence-electron chi connectivity index (χ4n) is 6.89. The monoisotopic (exact) mass is 635 g/mol. The summed E-state index contributed by atoms with van der Waals surface area (Å²) in [6, 6.07) is 20.7. The van der Waals surface area contributed by atoms with Crippen LogP contribution in [-0.2, 0) is 24.3 Å². The Morgan fingerprint density at radius 1 is 0.867 bits per heavy atom. The van der Waals surface area contributed by atoms with Crippen LogP contribution < -0.4 is 4.74 Å². The van der Waals surface area contributed by atoms with Crippen LogP contribution in [-0.4, -0.2) is 93.9 Å². The van der Waals surface area contributed by atoms with Crippen molar-refractivity contribution in [2.24, 2.45) is 0 Å². The highest BCUT2D eigenvalue weighted by atomic mass is 32.2. The van der Waals surface area contributed by atoms with Gasteiger partial charge in [-0.3, -0.25) is 9.59 Å². The molecule has 1 unspecified atom stereocenters. The Hall–Kier alpha value is -3.47. The van der Waals surface area contributed by atoms with Crippen molar-refractivity contribution < 1.29 is 27.5 Å². The highest BCUT2D eigenvalue weighted by Crippen LogP contribution is 2.44. The topological polar surface area (TPSA) is 96.5 Å². The van der Waals surface area contributed by atoms with Gasteiger partial charge in [-0.05, 0) is 75.3 Å². The summed E-state index contributed by atoms with van der Waals surface area (Å²) in [6.07, 6.45) is 4.58. The van der Waals surface area contributed by atoms with E-state index in [1.54, 1.807) is 24.1 Å². The molecule has 1 saturated heterocycles. The number of methoxy groups -OCH3 is 1. The fourth-order valence-corrected chi connectivity index (χ4v) is 8.57. The Kier molecular flexibility index (Phi) is 10.5. The van der Waals surface area contributed by atoms with Crippen molar-refractivity contribution in [2.45, 2.75) is 61.4 Å². The van der Waals surface area contributed by atoms with E-state index in [0.29, 0.717) is 31.4 Å². The number of likely N-dealkylation sites (N-methyl/N-ethyl adjacent to an activating group) is 1. The van der Waals surface area contributed by atoms with E-state index >= 15 is 0 Å². The van der Waals surface area contributed by atoms with Crippen molar-refractivity contribution in [1.82, 2.24) is 14.1 Å². The van der Waals surface area contributed by atoms with Gasteiger partial charge in [-0.15, -0.1) is 0 Å². The van der Waals surface area contributed by atoms with Crippen molar-refractivity contribution in [1.29, 1.82) is 0 Å². The molecule has 3 aromatic carbocycles. The predicted molar refractivity (Wildman–Crippen MR) is 175 cm³/mol. The average Bonchev–Trinajstić information content (AvgIpc) is 3.31. The first-order chi connectivity index (χ1) is 21.6. The third-order valence-corrected chi connectivity index (χ3v) is 11.1. The molecule has 0 aromatic heterocycles. The molecular weight excluding hydrogens is 590 g/mol. The van der Waals surface area contributed by atoms with Crippen LogP contribution >= 0.6 is 0 Å². The summed E-state index contributed by atoms with van der Waals surface area (Å²) in [5.74, 6) is -0.153. The van der Waals surface area contributed by atoms with Crippen LogP contribution in [0.4, 0.5) is 0 Å². The van der Waals surface area contributed by atoms with Crippen molar-refractivity contribution in [3.05, 3.63) is 72.3 Å². The van der Waals surface area contributed by atoms with Crippen LogP contribution in [0.2, 0.25) is 0 Å². The second-order valence-electron chi connectivity index (χ2n) is 12.5. The number of rotatable bonds is 10. The smallest absolute Gasteiger partial charge is 0.315 e. The van der Waals surface area contributed by atoms with Crippen molar-refractivity contribution >= 4 is 32.7 Å². The van der Waals surface area contributed by atoms with E-state index in [9.17, 15) is 18.0 Å². The van der Waals surface area contributed by atoms with E-state index < -0.39 is 21.6 Å². The molecule has 242 valence electrons. The maximum atomic E-state index is 13.7. The van der Waals surface area contributed by atoms with E-state index in [1.165, 1.54) is 4.31 Å². The van der Waals surface area contributed by atoms with Gasteiger partial charge in [-0.2, -0.15) is 4.31 Å². The number of hydrogen-bond acceptors (Lipinski definition) is 7. The molecule has 1 saturated carbocycles. The van der Waals surface area contributed by atoms with Gasteiger partial charge in [0, 0.05) is 44.0 Å². The van der Waals surface area contributed by atoms with E-state index in [2.05, 4.69) is 4.90 Å². The van der Waals surface area contributed by atoms with Crippen molar-refractivity contribution in [3.63, 3.8) is 0 Å². The van der Waals surface area contributed by atoms with Crippen LogP contribution in [0, 0.1) is 0 Å². The van der Waals surface area contributed by atoms with Gasteiger partial charge in [0.1, 0.15) is 17.8 Å². The maximum Gasteiger partial charge on any atom is 0.315 e. The van der Waals surface area contributed by atoms with Gasteiger partial charge in [0.15, 0.2) is 0 Å². The Bertz CT molecular complexity index is 1580. The Morgan fingerprint density at radius 2 is 1.58 bits per heavy atom. The molecule has 5 rings (SSSR count). The molecule has 45 heavy (non-hydrogen) atoms. The van der Waals surface area contributed by atoms with Gasteiger partial charge in [-0.25, -0.2) is 8.42 Å². The SMILES string of the molecule is COc1ccc(C(CN(C)C)C2(OC(=O)CC(=O)N3CCCN(S(=O)(=O)c4cccc5ccccc45)CC3)CCCCC2)cc1. The number of benzene rings is 3. The van der Waals surface area contributed by atoms with Gasteiger partial charge in [0.2, 0.25) is 15.9 Å². The lowest BCUT2D eigenvalue weighted by atomic mass is 9.72. The lowest BCUT2D eigenvalue weighted by Gasteiger charge is -2.44. The highest BCUT2D eigenvalue weighted by Gasteiger charge is 2.45. The molecule has 0 spiro atoms. The number of carbonyl (C=O) groups is 2. The number of ether oxygens (including phenoxy) is 2. The number of esters is 1. The number of sulfonamides is 1. The molecule has 1 amide bonds. The number of amides is 1. The zero-order chi connectivity index (χ0) is 32.0. The molecule has 1 atom stereocenters. The summed E-state index contributed by atoms with van der Waals surface area (Å²) in [4.78, 5) is 30.9. The van der Waals surface area contributed by atoms with Gasteiger partial charge in [0.05, 0.1) is 12.0 Å². The quantitative estimate of drug-likeness (QED) is 0.227. The number of nitrogens with zero attached hydrogens (tertiary/aromatic N) is 3. The lowest BCUT2D eigenvalue weighted by molar-refractivity contribution is -0.169. The van der Waals surface area contributed by atoms with Crippen molar-refractivity contribution in [2.75, 3.05) is 53.9 Å². The van der Waals surface area contributed by atoms with Crippen LogP contribution in [0.1, 0.15) is 56.4 Å². The summed E-state index contributed by atoms with van der Waals surface area (Å²) in [6.45, 7) is 1.76. The first-order valence-corrected chi connectivity index (χ1v) is 17.3. The second-order valence-corrected chi connectivity index (χ2v) is 14.4. The summed E-state index contributed by atoms with van der Waals surface area (Å²) >= 11 is 0. The Morgan fingerprint density at radius 3 is 2.29 bits per heavy atom. The number of fused-ring (bicyclic) bond motifs is 1. The molecule has 1 aliphatic heterocycles. The number of carbonyl (C=O) groups excluding carboxylic acids is 2. The first-order valence-electron chi connectivity index (χ1n) is 15.9. The number of hydrogen-bond donors (Lipinski definition) is 0.